The maximum atomic E-state index is 11.8. The van der Waals surface area contributed by atoms with Gasteiger partial charge in [0.2, 0.25) is 0 Å². The van der Waals surface area contributed by atoms with Crippen LogP contribution in [0.1, 0.15) is 39.3 Å². The summed E-state index contributed by atoms with van der Waals surface area (Å²) in [5.74, 6) is 0.300. The molecule has 2 atom stereocenters. The fourth-order valence-corrected chi connectivity index (χ4v) is 12.4. The van der Waals surface area contributed by atoms with E-state index in [0.717, 1.165) is 33.8 Å². The number of allylic oxidation sites excluding steroid dienone is 4. The molecule has 0 amide bonds. The summed E-state index contributed by atoms with van der Waals surface area (Å²) in [5.41, 5.74) is 9.46. The van der Waals surface area contributed by atoms with Crippen molar-refractivity contribution in [1.82, 2.24) is 0 Å². The Morgan fingerprint density at radius 1 is 0.840 bits per heavy atom. The minimum absolute atomic E-state index is 0.0827. The molecule has 0 aromatic heterocycles. The Balaban J connectivity index is 1.27. The van der Waals surface area contributed by atoms with Crippen LogP contribution in [0.3, 0.4) is 0 Å². The molecular weight excluding hydrogens is 685 g/mol. The first-order chi connectivity index (χ1) is 23.6. The number of aliphatic imine (C=N–C) groups is 1. The Morgan fingerprint density at radius 3 is 2.30 bits per heavy atom. The predicted octanol–water partition coefficient (Wildman–Crippen LogP) is 6.89. The van der Waals surface area contributed by atoms with E-state index in [-0.39, 0.29) is 21.6 Å². The topological polar surface area (TPSA) is 124 Å². The van der Waals surface area contributed by atoms with E-state index in [1.54, 1.807) is 18.2 Å². The van der Waals surface area contributed by atoms with Gasteiger partial charge in [-0.2, -0.15) is 16.8 Å². The standard InChI is InChI=1S/C39H40N2O6S2Si/c1-25-9-12-31(48(42,43)44)21-27(25)17-19-40-29-10-14-34-37(23-29)50(3,4)38-24-30(11-15-35(38)39(34)33-8-6-5-7-26(33)2)41-20-18-28-22-32(49(45,46)47)13-16-36(28)41/h5-16,21-24,34,39H,17-20H2,1-4H3,(H,42,43,44)(H,45,46,47). The zero-order chi connectivity index (χ0) is 35.6. The van der Waals surface area contributed by atoms with Gasteiger partial charge in [-0.05, 0) is 120 Å². The van der Waals surface area contributed by atoms with Crippen molar-refractivity contribution in [3.8, 4) is 0 Å². The Bertz CT molecular complexity index is 2360. The minimum Gasteiger partial charge on any atom is -0.341 e. The van der Waals surface area contributed by atoms with Crippen LogP contribution in [0.25, 0.3) is 0 Å². The smallest absolute Gasteiger partial charge is 0.294 e. The predicted molar refractivity (Wildman–Crippen MR) is 201 cm³/mol. The number of aryl methyl sites for hydroxylation is 2. The number of hydrogen-bond donors (Lipinski definition) is 2. The van der Waals surface area contributed by atoms with Crippen molar-refractivity contribution in [3.63, 3.8) is 0 Å². The van der Waals surface area contributed by atoms with Crippen LogP contribution in [0.5, 0.6) is 0 Å². The summed E-state index contributed by atoms with van der Waals surface area (Å²) in [5, 5.41) is 2.77. The van der Waals surface area contributed by atoms with E-state index >= 15 is 0 Å². The third kappa shape index (κ3) is 6.22. The van der Waals surface area contributed by atoms with Crippen molar-refractivity contribution in [1.29, 1.82) is 0 Å². The van der Waals surface area contributed by atoms with Crippen LogP contribution in [0.2, 0.25) is 13.1 Å². The fourth-order valence-electron chi connectivity index (χ4n) is 7.96. The largest absolute Gasteiger partial charge is 0.341 e. The normalized spacial score (nSPS) is 20.3. The first-order valence-corrected chi connectivity index (χ1v) is 22.6. The van der Waals surface area contributed by atoms with Gasteiger partial charge < -0.3 is 4.90 Å². The summed E-state index contributed by atoms with van der Waals surface area (Å²) in [6, 6.07) is 24.9. The molecule has 4 aromatic carbocycles. The zero-order valence-electron chi connectivity index (χ0n) is 28.5. The van der Waals surface area contributed by atoms with E-state index in [2.05, 4.69) is 85.6 Å². The molecule has 8 nitrogen and oxygen atoms in total. The Labute approximate surface area is 295 Å². The molecule has 2 unspecified atom stereocenters. The van der Waals surface area contributed by atoms with Gasteiger partial charge in [0.1, 0.15) is 8.07 Å². The van der Waals surface area contributed by atoms with Gasteiger partial charge in [-0.3, -0.25) is 14.1 Å². The van der Waals surface area contributed by atoms with Gasteiger partial charge >= 0.3 is 0 Å². The molecule has 11 heteroatoms. The van der Waals surface area contributed by atoms with Gasteiger partial charge in [0.25, 0.3) is 20.2 Å². The molecule has 2 aliphatic heterocycles. The average Bonchev–Trinajstić information content (AvgIpc) is 3.49. The van der Waals surface area contributed by atoms with E-state index < -0.39 is 28.3 Å². The molecule has 3 aliphatic rings. The Hall–Kier alpha value is -4.13. The number of benzene rings is 4. The highest BCUT2D eigenvalue weighted by atomic mass is 32.2. The lowest BCUT2D eigenvalue weighted by atomic mass is 9.76. The Kier molecular flexibility index (Phi) is 8.63. The first-order valence-electron chi connectivity index (χ1n) is 16.7. The molecule has 4 aromatic rings. The van der Waals surface area contributed by atoms with Crippen molar-refractivity contribution in [2.75, 3.05) is 18.0 Å². The van der Waals surface area contributed by atoms with Crippen LogP contribution < -0.4 is 10.1 Å². The highest BCUT2D eigenvalue weighted by Gasteiger charge is 2.45. The van der Waals surface area contributed by atoms with Crippen LogP contribution in [0.4, 0.5) is 11.4 Å². The fraction of sp³-hybridized carbons (Fsp3) is 0.256. The Morgan fingerprint density at radius 2 is 1.56 bits per heavy atom. The average molecular weight is 725 g/mol. The molecule has 0 radical (unpaired) electrons. The summed E-state index contributed by atoms with van der Waals surface area (Å²) in [4.78, 5) is 7.01. The number of nitrogens with zero attached hydrogens (tertiary/aromatic N) is 2. The molecule has 0 saturated heterocycles. The number of hydrogen-bond acceptors (Lipinski definition) is 6. The van der Waals surface area contributed by atoms with Crippen LogP contribution in [0, 0.1) is 19.8 Å². The molecule has 0 bridgehead atoms. The van der Waals surface area contributed by atoms with Crippen molar-refractivity contribution in [2.45, 2.75) is 55.5 Å². The summed E-state index contributed by atoms with van der Waals surface area (Å²) in [6.45, 7) is 10.1. The summed E-state index contributed by atoms with van der Waals surface area (Å²) < 4.78 is 66.2. The SMILES string of the molecule is Cc1ccc(S(=O)(=O)O)cc1CCN=C1C=CC2C(=C1)[Si](C)(C)c1cc(N3CCc4cc(S(=O)(=O)O)ccc43)ccc1C2c1ccccc1C. The highest BCUT2D eigenvalue weighted by Crippen LogP contribution is 2.47. The van der Waals surface area contributed by atoms with E-state index in [9.17, 15) is 25.9 Å². The van der Waals surface area contributed by atoms with Crippen LogP contribution in [0.15, 0.2) is 117 Å². The quantitative estimate of drug-likeness (QED) is 0.157. The maximum Gasteiger partial charge on any atom is 0.294 e. The first kappa shape index (κ1) is 34.3. The monoisotopic (exact) mass is 724 g/mol. The molecule has 7 rings (SSSR count). The molecule has 258 valence electrons. The van der Waals surface area contributed by atoms with Crippen molar-refractivity contribution in [3.05, 3.63) is 136 Å². The lowest BCUT2D eigenvalue weighted by Crippen LogP contribution is -2.54. The lowest BCUT2D eigenvalue weighted by molar-refractivity contribution is 0.481. The van der Waals surface area contributed by atoms with E-state index in [1.807, 2.05) is 6.92 Å². The van der Waals surface area contributed by atoms with E-state index in [1.165, 1.54) is 45.3 Å². The molecule has 1 aliphatic carbocycles. The third-order valence-corrected chi connectivity index (χ3v) is 16.0. The van der Waals surface area contributed by atoms with E-state index in [0.29, 0.717) is 25.9 Å². The number of anilines is 2. The second-order valence-corrected chi connectivity index (χ2v) is 21.2. The summed E-state index contributed by atoms with van der Waals surface area (Å²) >= 11 is 0. The van der Waals surface area contributed by atoms with Gasteiger partial charge in [0, 0.05) is 36.3 Å². The van der Waals surface area contributed by atoms with Crippen molar-refractivity contribution < 1.29 is 25.9 Å². The molecule has 0 spiro atoms. The van der Waals surface area contributed by atoms with Gasteiger partial charge in [-0.1, -0.05) is 60.8 Å². The maximum absolute atomic E-state index is 11.8. The van der Waals surface area contributed by atoms with Gasteiger partial charge in [-0.15, -0.1) is 0 Å². The molecular formula is C39H40N2O6S2Si. The van der Waals surface area contributed by atoms with Crippen molar-refractivity contribution >= 4 is 50.6 Å². The van der Waals surface area contributed by atoms with Gasteiger partial charge in [0.15, 0.2) is 0 Å². The van der Waals surface area contributed by atoms with Gasteiger partial charge in [0.05, 0.1) is 15.5 Å². The van der Waals surface area contributed by atoms with Gasteiger partial charge in [-0.25, -0.2) is 0 Å². The zero-order valence-corrected chi connectivity index (χ0v) is 31.1. The third-order valence-electron chi connectivity index (χ3n) is 10.6. The molecule has 0 fully saturated rings. The number of fused-ring (bicyclic) bond motifs is 3. The molecule has 2 heterocycles. The molecule has 2 N–H and O–H groups in total. The molecule has 0 saturated carbocycles. The highest BCUT2D eigenvalue weighted by molar-refractivity contribution is 7.86. The van der Waals surface area contributed by atoms with Crippen molar-refractivity contribution in [2.24, 2.45) is 10.9 Å². The second-order valence-electron chi connectivity index (χ2n) is 14.0. The van der Waals surface area contributed by atoms with Crippen LogP contribution in [-0.2, 0) is 33.1 Å². The number of rotatable bonds is 7. The van der Waals surface area contributed by atoms with E-state index in [4.69, 9.17) is 4.99 Å². The second kappa shape index (κ2) is 12.6. The summed E-state index contributed by atoms with van der Waals surface area (Å²) in [7, 11) is -10.8. The summed E-state index contributed by atoms with van der Waals surface area (Å²) in [6.07, 6.45) is 7.93. The lowest BCUT2D eigenvalue weighted by Gasteiger charge is -2.45. The van der Waals surface area contributed by atoms with Crippen LogP contribution in [-0.4, -0.2) is 52.8 Å². The van der Waals surface area contributed by atoms with Crippen LogP contribution >= 0.6 is 0 Å². The molecule has 50 heavy (non-hydrogen) atoms. The minimum atomic E-state index is -4.29.